The van der Waals surface area contributed by atoms with Gasteiger partial charge in [-0.05, 0) is 55.8 Å². The van der Waals surface area contributed by atoms with Crippen molar-refractivity contribution in [2.24, 2.45) is 0 Å². The average Bonchev–Trinajstić information content (AvgIpc) is 2.65. The number of aromatic amines is 1. The molecule has 0 bridgehead atoms. The molecular formula is C21H21N3O4. The number of fused-ring (bicyclic) bond motifs is 1. The maximum atomic E-state index is 12.4. The van der Waals surface area contributed by atoms with Crippen molar-refractivity contribution >= 4 is 22.5 Å². The van der Waals surface area contributed by atoms with Crippen molar-refractivity contribution in [2.75, 3.05) is 6.54 Å². The maximum Gasteiger partial charge on any atom is 0.273 e. The van der Waals surface area contributed by atoms with E-state index in [1.54, 1.807) is 13.0 Å². The lowest BCUT2D eigenvalue weighted by Gasteiger charge is -2.09. The van der Waals surface area contributed by atoms with Crippen molar-refractivity contribution in [3.8, 4) is 0 Å². The maximum absolute atomic E-state index is 12.4. The van der Waals surface area contributed by atoms with E-state index in [2.05, 4.69) is 10.3 Å². The number of rotatable bonds is 5. The molecule has 0 spiro atoms. The molecule has 0 aliphatic carbocycles. The van der Waals surface area contributed by atoms with E-state index in [0.717, 1.165) is 22.0 Å². The minimum Gasteiger partial charge on any atom is -0.352 e. The van der Waals surface area contributed by atoms with Gasteiger partial charge in [-0.1, -0.05) is 18.2 Å². The van der Waals surface area contributed by atoms with Gasteiger partial charge in [0, 0.05) is 29.3 Å². The van der Waals surface area contributed by atoms with Gasteiger partial charge in [0.05, 0.1) is 10.4 Å². The molecule has 7 nitrogen and oxygen atoms in total. The molecule has 0 saturated heterocycles. The molecule has 0 aliphatic rings. The van der Waals surface area contributed by atoms with Gasteiger partial charge in [-0.2, -0.15) is 0 Å². The van der Waals surface area contributed by atoms with Crippen molar-refractivity contribution in [3.63, 3.8) is 0 Å². The number of H-pyrrole nitrogens is 1. The standard InChI is InChI=1S/C21H21N3O4/c1-12-7-8-15-11-16(20(25)23-19(15)13(12)2)9-10-22-21(26)17-5-4-6-18(14(17)3)24(27)28/h4-8,11H,9-10H2,1-3H3,(H,22,26)(H,23,25). The summed E-state index contributed by atoms with van der Waals surface area (Å²) in [5.41, 5.74) is 3.85. The van der Waals surface area contributed by atoms with Crippen molar-refractivity contribution in [1.82, 2.24) is 10.3 Å². The number of hydrogen-bond acceptors (Lipinski definition) is 4. The predicted molar refractivity (Wildman–Crippen MR) is 108 cm³/mol. The van der Waals surface area contributed by atoms with Crippen LogP contribution in [0.5, 0.6) is 0 Å². The molecule has 0 aliphatic heterocycles. The Morgan fingerprint density at radius 2 is 1.89 bits per heavy atom. The first-order chi connectivity index (χ1) is 13.3. The Labute approximate surface area is 161 Å². The zero-order valence-electron chi connectivity index (χ0n) is 16.0. The molecule has 0 unspecified atom stereocenters. The van der Waals surface area contributed by atoms with Gasteiger partial charge >= 0.3 is 0 Å². The fourth-order valence-electron chi connectivity index (χ4n) is 3.23. The third kappa shape index (κ3) is 3.64. The highest BCUT2D eigenvalue weighted by atomic mass is 16.6. The van der Waals surface area contributed by atoms with Gasteiger partial charge in [0.25, 0.3) is 17.2 Å². The van der Waals surface area contributed by atoms with E-state index in [-0.39, 0.29) is 23.4 Å². The Balaban J connectivity index is 1.75. The first-order valence-corrected chi connectivity index (χ1v) is 8.94. The van der Waals surface area contributed by atoms with Crippen LogP contribution in [0.15, 0.2) is 41.2 Å². The van der Waals surface area contributed by atoms with Crippen LogP contribution in [-0.2, 0) is 6.42 Å². The molecule has 0 atom stereocenters. The second kappa shape index (κ2) is 7.64. The van der Waals surface area contributed by atoms with E-state index in [0.29, 0.717) is 17.5 Å². The summed E-state index contributed by atoms with van der Waals surface area (Å²) in [6.45, 7) is 5.76. The number of aromatic nitrogens is 1. The number of hydrogen-bond donors (Lipinski definition) is 2. The quantitative estimate of drug-likeness (QED) is 0.524. The Kier molecular flexibility index (Phi) is 5.26. The van der Waals surface area contributed by atoms with E-state index in [4.69, 9.17) is 0 Å². The Hall–Kier alpha value is -3.48. The minimum atomic E-state index is -0.509. The van der Waals surface area contributed by atoms with Crippen molar-refractivity contribution in [3.05, 3.63) is 84.7 Å². The van der Waals surface area contributed by atoms with Crippen molar-refractivity contribution in [1.29, 1.82) is 0 Å². The molecule has 1 amide bonds. The van der Waals surface area contributed by atoms with E-state index in [1.807, 2.05) is 32.0 Å². The van der Waals surface area contributed by atoms with Crippen LogP contribution >= 0.6 is 0 Å². The number of pyridine rings is 1. The van der Waals surface area contributed by atoms with E-state index < -0.39 is 10.8 Å². The zero-order valence-corrected chi connectivity index (χ0v) is 16.0. The summed E-state index contributed by atoms with van der Waals surface area (Å²) < 4.78 is 0. The Bertz CT molecular complexity index is 1150. The minimum absolute atomic E-state index is 0.0933. The molecule has 2 aromatic carbocycles. The third-order valence-electron chi connectivity index (χ3n) is 5.05. The number of nitrogens with zero attached hydrogens (tertiary/aromatic N) is 1. The molecule has 1 heterocycles. The van der Waals surface area contributed by atoms with Gasteiger partial charge in [0.2, 0.25) is 0 Å². The largest absolute Gasteiger partial charge is 0.352 e. The van der Waals surface area contributed by atoms with Gasteiger partial charge < -0.3 is 10.3 Å². The fourth-order valence-corrected chi connectivity index (χ4v) is 3.23. The summed E-state index contributed by atoms with van der Waals surface area (Å²) >= 11 is 0. The molecule has 0 saturated carbocycles. The number of nitrogens with one attached hydrogen (secondary N) is 2. The van der Waals surface area contributed by atoms with Crippen LogP contribution in [0.2, 0.25) is 0 Å². The molecule has 7 heteroatoms. The van der Waals surface area contributed by atoms with Crippen LogP contribution in [0.4, 0.5) is 5.69 Å². The van der Waals surface area contributed by atoms with Gasteiger partial charge in [0.1, 0.15) is 0 Å². The van der Waals surface area contributed by atoms with Crippen LogP contribution < -0.4 is 10.9 Å². The average molecular weight is 379 g/mol. The summed E-state index contributed by atoms with van der Waals surface area (Å²) in [5.74, 6) is -0.398. The lowest BCUT2D eigenvalue weighted by atomic mass is 10.0. The molecule has 3 aromatic rings. The topological polar surface area (TPSA) is 105 Å². The smallest absolute Gasteiger partial charge is 0.273 e. The van der Waals surface area contributed by atoms with Crippen LogP contribution in [0.25, 0.3) is 10.9 Å². The summed E-state index contributed by atoms with van der Waals surface area (Å²) in [4.78, 5) is 38.2. The van der Waals surface area contributed by atoms with Gasteiger partial charge in [0.15, 0.2) is 0 Å². The summed E-state index contributed by atoms with van der Waals surface area (Å²) in [6, 6.07) is 10.2. The lowest BCUT2D eigenvalue weighted by molar-refractivity contribution is -0.385. The van der Waals surface area contributed by atoms with Crippen LogP contribution in [-0.4, -0.2) is 22.4 Å². The number of amides is 1. The van der Waals surface area contributed by atoms with Crippen LogP contribution in [0, 0.1) is 30.9 Å². The first kappa shape index (κ1) is 19.3. The molecular weight excluding hydrogens is 358 g/mol. The number of carbonyl (C=O) groups excluding carboxylic acids is 1. The predicted octanol–water partition coefficient (Wildman–Crippen LogP) is 3.33. The number of aryl methyl sites for hydroxylation is 2. The molecule has 3 rings (SSSR count). The lowest BCUT2D eigenvalue weighted by Crippen LogP contribution is -2.28. The van der Waals surface area contributed by atoms with Crippen molar-refractivity contribution in [2.45, 2.75) is 27.2 Å². The van der Waals surface area contributed by atoms with Crippen LogP contribution in [0.3, 0.4) is 0 Å². The molecule has 0 radical (unpaired) electrons. The SMILES string of the molecule is Cc1ccc2cc(CCNC(=O)c3cccc([N+](=O)[O-])c3C)c(=O)[nH]c2c1C. The number of benzene rings is 2. The van der Waals surface area contributed by atoms with E-state index in [1.165, 1.54) is 12.1 Å². The zero-order chi connectivity index (χ0) is 20.4. The Morgan fingerprint density at radius 1 is 1.14 bits per heavy atom. The highest BCUT2D eigenvalue weighted by Crippen LogP contribution is 2.21. The number of carbonyl (C=O) groups is 1. The van der Waals surface area contributed by atoms with Crippen molar-refractivity contribution < 1.29 is 9.72 Å². The van der Waals surface area contributed by atoms with Gasteiger partial charge in [-0.3, -0.25) is 19.7 Å². The molecule has 1 aromatic heterocycles. The molecule has 2 N–H and O–H groups in total. The fraction of sp³-hybridized carbons (Fsp3) is 0.238. The van der Waals surface area contributed by atoms with E-state index in [9.17, 15) is 19.7 Å². The summed E-state index contributed by atoms with van der Waals surface area (Å²) in [6.07, 6.45) is 0.359. The molecule has 28 heavy (non-hydrogen) atoms. The molecule has 144 valence electrons. The first-order valence-electron chi connectivity index (χ1n) is 8.94. The Morgan fingerprint density at radius 3 is 2.61 bits per heavy atom. The monoisotopic (exact) mass is 379 g/mol. The highest BCUT2D eigenvalue weighted by Gasteiger charge is 2.17. The normalized spacial score (nSPS) is 10.8. The van der Waals surface area contributed by atoms with Gasteiger partial charge in [-0.25, -0.2) is 0 Å². The molecule has 0 fully saturated rings. The number of nitro benzene ring substituents is 1. The summed E-state index contributed by atoms with van der Waals surface area (Å²) in [5, 5.41) is 14.7. The van der Waals surface area contributed by atoms with E-state index >= 15 is 0 Å². The second-order valence-corrected chi connectivity index (χ2v) is 6.81. The third-order valence-corrected chi connectivity index (χ3v) is 5.05. The highest BCUT2D eigenvalue weighted by molar-refractivity contribution is 5.96. The second-order valence-electron chi connectivity index (χ2n) is 6.81. The number of nitro groups is 1. The van der Waals surface area contributed by atoms with Crippen LogP contribution in [0.1, 0.15) is 32.6 Å². The van der Waals surface area contributed by atoms with Gasteiger partial charge in [-0.15, -0.1) is 0 Å². The summed E-state index contributed by atoms with van der Waals surface area (Å²) in [7, 11) is 0.